The van der Waals surface area contributed by atoms with Crippen molar-refractivity contribution in [2.75, 3.05) is 20.8 Å². The zero-order valence-electron chi connectivity index (χ0n) is 16.0. The normalized spacial score (nSPS) is 14.5. The molecule has 0 saturated carbocycles. The molecule has 0 amide bonds. The number of methoxy groups -OCH3 is 2. The number of nitrogens with zero attached hydrogens (tertiary/aromatic N) is 2. The summed E-state index contributed by atoms with van der Waals surface area (Å²) >= 11 is 0. The van der Waals surface area contributed by atoms with Gasteiger partial charge in [-0.25, -0.2) is 4.98 Å². The van der Waals surface area contributed by atoms with Crippen LogP contribution in [0, 0.1) is 5.41 Å². The van der Waals surface area contributed by atoms with Crippen LogP contribution in [0.4, 0.5) is 0 Å². The van der Waals surface area contributed by atoms with E-state index in [-0.39, 0.29) is 30.3 Å². The van der Waals surface area contributed by atoms with Crippen LogP contribution in [-0.4, -0.2) is 40.6 Å². The van der Waals surface area contributed by atoms with Crippen LogP contribution in [0.2, 0.25) is 0 Å². The maximum Gasteiger partial charge on any atom is 0.228 e. The molecule has 3 aromatic rings. The lowest BCUT2D eigenvalue weighted by molar-refractivity contribution is 0.271. The Balaban J connectivity index is 1.98. The van der Waals surface area contributed by atoms with Crippen molar-refractivity contribution >= 4 is 0 Å². The molecule has 8 heteroatoms. The largest absolute Gasteiger partial charge is 0.508 e. The molecule has 8 nitrogen and oxygen atoms in total. The van der Waals surface area contributed by atoms with Crippen molar-refractivity contribution in [1.29, 1.82) is 5.41 Å². The standard InChI is InChI=1S/C21H21N3O5/c1-27-15-6-3-12(9-17(15)28-2)18-14-5-4-13(26)10-16(14)29-21-19(18)20(22)24(7-8-25)11-23-21/h3-6,9-11,18,22,25-26H,7-8H2,1-2H3/t18-/m0/s1. The smallest absolute Gasteiger partial charge is 0.228 e. The van der Waals surface area contributed by atoms with E-state index in [0.29, 0.717) is 28.7 Å². The molecule has 29 heavy (non-hydrogen) atoms. The first-order valence-corrected chi connectivity index (χ1v) is 9.04. The highest BCUT2D eigenvalue weighted by Crippen LogP contribution is 2.47. The third kappa shape index (κ3) is 3.17. The van der Waals surface area contributed by atoms with E-state index in [2.05, 4.69) is 4.98 Å². The monoisotopic (exact) mass is 395 g/mol. The first-order chi connectivity index (χ1) is 14.1. The molecule has 3 N–H and O–H groups in total. The molecule has 2 aromatic carbocycles. The van der Waals surface area contributed by atoms with E-state index < -0.39 is 0 Å². The number of hydrogen-bond donors (Lipinski definition) is 3. The van der Waals surface area contributed by atoms with E-state index in [1.165, 1.54) is 12.4 Å². The van der Waals surface area contributed by atoms with Gasteiger partial charge in [-0.2, -0.15) is 0 Å². The Morgan fingerprint density at radius 2 is 1.93 bits per heavy atom. The second-order valence-corrected chi connectivity index (χ2v) is 6.60. The molecule has 1 atom stereocenters. The number of aromatic nitrogens is 2. The highest BCUT2D eigenvalue weighted by atomic mass is 16.5. The fraction of sp³-hybridized carbons (Fsp3) is 0.238. The molecule has 150 valence electrons. The molecule has 0 spiro atoms. The third-order valence-corrected chi connectivity index (χ3v) is 4.97. The third-order valence-electron chi connectivity index (χ3n) is 4.97. The number of hydrogen-bond acceptors (Lipinski definition) is 7. The number of rotatable bonds is 5. The maximum absolute atomic E-state index is 9.91. The molecule has 0 bridgehead atoms. The molecule has 0 fully saturated rings. The molecule has 0 unspecified atom stereocenters. The van der Waals surface area contributed by atoms with E-state index in [0.717, 1.165) is 11.1 Å². The van der Waals surface area contributed by atoms with Crippen LogP contribution in [0.5, 0.6) is 28.9 Å². The minimum absolute atomic E-state index is 0.0793. The van der Waals surface area contributed by atoms with Gasteiger partial charge in [-0.3, -0.25) is 5.41 Å². The number of ether oxygens (including phenoxy) is 3. The van der Waals surface area contributed by atoms with Gasteiger partial charge in [-0.15, -0.1) is 0 Å². The van der Waals surface area contributed by atoms with Crippen molar-refractivity contribution in [1.82, 2.24) is 9.55 Å². The summed E-state index contributed by atoms with van der Waals surface area (Å²) in [6.07, 6.45) is 1.47. The summed E-state index contributed by atoms with van der Waals surface area (Å²) in [7, 11) is 3.14. The highest BCUT2D eigenvalue weighted by molar-refractivity contribution is 5.58. The zero-order valence-corrected chi connectivity index (χ0v) is 16.0. The number of phenolic OH excluding ortho intramolecular Hbond substituents is 1. The van der Waals surface area contributed by atoms with Gasteiger partial charge in [0.15, 0.2) is 11.5 Å². The minimum atomic E-state index is -0.375. The zero-order chi connectivity index (χ0) is 20.5. The van der Waals surface area contributed by atoms with Crippen molar-refractivity contribution < 1.29 is 24.4 Å². The SMILES string of the molecule is COc1ccc([C@H]2c3ccc(O)cc3Oc3ncn(CCO)c(=N)c32)cc1OC. The van der Waals surface area contributed by atoms with Gasteiger partial charge in [0.05, 0.1) is 26.4 Å². The first-order valence-electron chi connectivity index (χ1n) is 9.04. The molecular weight excluding hydrogens is 374 g/mol. The quantitative estimate of drug-likeness (QED) is 0.479. The maximum atomic E-state index is 9.91. The predicted octanol–water partition coefficient (Wildman–Crippen LogP) is 2.36. The summed E-state index contributed by atoms with van der Waals surface area (Å²) in [5.74, 6) is 1.64. The van der Waals surface area contributed by atoms with Crippen LogP contribution in [0.3, 0.4) is 0 Å². The average molecular weight is 395 g/mol. The van der Waals surface area contributed by atoms with E-state index in [9.17, 15) is 10.2 Å². The van der Waals surface area contributed by atoms with Gasteiger partial charge in [0.25, 0.3) is 0 Å². The molecule has 1 aromatic heterocycles. The molecule has 0 radical (unpaired) electrons. The summed E-state index contributed by atoms with van der Waals surface area (Å²) in [6.45, 7) is 0.142. The van der Waals surface area contributed by atoms with Crippen molar-refractivity contribution in [3.63, 3.8) is 0 Å². The Kier molecular flexibility index (Phi) is 4.85. The van der Waals surface area contributed by atoms with Gasteiger partial charge in [0.1, 0.15) is 23.3 Å². The van der Waals surface area contributed by atoms with Crippen LogP contribution < -0.4 is 19.7 Å². The summed E-state index contributed by atoms with van der Waals surface area (Å²) in [5, 5.41) is 27.9. The fourth-order valence-corrected chi connectivity index (χ4v) is 3.61. The Morgan fingerprint density at radius 1 is 1.14 bits per heavy atom. The summed E-state index contributed by atoms with van der Waals surface area (Å²) < 4.78 is 18.3. The van der Waals surface area contributed by atoms with Crippen molar-refractivity contribution in [2.45, 2.75) is 12.5 Å². The van der Waals surface area contributed by atoms with Crippen LogP contribution in [0.1, 0.15) is 22.6 Å². The average Bonchev–Trinajstić information content (AvgIpc) is 2.73. The van der Waals surface area contributed by atoms with Gasteiger partial charge >= 0.3 is 0 Å². The first kappa shape index (κ1) is 18.8. The lowest BCUT2D eigenvalue weighted by Gasteiger charge is -2.29. The van der Waals surface area contributed by atoms with Crippen molar-refractivity contribution in [3.8, 4) is 28.9 Å². The topological polar surface area (TPSA) is 110 Å². The molecule has 0 saturated heterocycles. The van der Waals surface area contributed by atoms with Gasteiger partial charge in [0.2, 0.25) is 5.88 Å². The van der Waals surface area contributed by atoms with Gasteiger partial charge in [-0.1, -0.05) is 12.1 Å². The van der Waals surface area contributed by atoms with Gasteiger partial charge in [-0.05, 0) is 23.8 Å². The summed E-state index contributed by atoms with van der Waals surface area (Å²) in [5.41, 5.74) is 2.42. The molecule has 0 aliphatic carbocycles. The molecule has 1 aliphatic heterocycles. The summed E-state index contributed by atoms with van der Waals surface area (Å²) in [4.78, 5) is 4.35. The lowest BCUT2D eigenvalue weighted by Crippen LogP contribution is -2.30. The number of benzene rings is 2. The number of phenols is 1. The van der Waals surface area contributed by atoms with Crippen LogP contribution in [0.15, 0.2) is 42.7 Å². The van der Waals surface area contributed by atoms with E-state index in [1.807, 2.05) is 18.2 Å². The van der Waals surface area contributed by atoms with E-state index in [1.54, 1.807) is 30.9 Å². The Morgan fingerprint density at radius 3 is 2.66 bits per heavy atom. The second kappa shape index (κ2) is 7.48. The lowest BCUT2D eigenvalue weighted by atomic mass is 9.83. The minimum Gasteiger partial charge on any atom is -0.508 e. The Hall–Kier alpha value is -3.52. The predicted molar refractivity (Wildman–Crippen MR) is 104 cm³/mol. The van der Waals surface area contributed by atoms with Gasteiger partial charge in [0, 0.05) is 24.1 Å². The van der Waals surface area contributed by atoms with Crippen LogP contribution in [0.25, 0.3) is 0 Å². The van der Waals surface area contributed by atoms with Gasteiger partial charge < -0.3 is 29.0 Å². The van der Waals surface area contributed by atoms with Crippen molar-refractivity contribution in [3.05, 3.63) is 64.9 Å². The molecular formula is C21H21N3O5. The van der Waals surface area contributed by atoms with Crippen LogP contribution >= 0.6 is 0 Å². The highest BCUT2D eigenvalue weighted by Gasteiger charge is 2.32. The van der Waals surface area contributed by atoms with E-state index >= 15 is 0 Å². The molecule has 4 rings (SSSR count). The molecule has 2 heterocycles. The van der Waals surface area contributed by atoms with E-state index in [4.69, 9.17) is 19.6 Å². The number of nitrogens with one attached hydrogen (secondary N) is 1. The number of aliphatic hydroxyl groups excluding tert-OH is 1. The Labute approximate surface area is 167 Å². The molecule has 1 aliphatic rings. The second-order valence-electron chi connectivity index (χ2n) is 6.60. The summed E-state index contributed by atoms with van der Waals surface area (Å²) in [6, 6.07) is 10.5. The number of aromatic hydroxyl groups is 1. The number of aliphatic hydroxyl groups is 1. The fourth-order valence-electron chi connectivity index (χ4n) is 3.61. The van der Waals surface area contributed by atoms with Crippen molar-refractivity contribution in [2.24, 2.45) is 0 Å². The van der Waals surface area contributed by atoms with Crippen LogP contribution in [-0.2, 0) is 6.54 Å². The number of fused-ring (bicyclic) bond motifs is 2. The Bertz CT molecular complexity index is 1130.